The molecule has 2 aromatic rings. The van der Waals surface area contributed by atoms with Crippen LogP contribution < -0.4 is 15.1 Å². The highest BCUT2D eigenvalue weighted by atomic mass is 35.5. The van der Waals surface area contributed by atoms with Crippen LogP contribution in [0.3, 0.4) is 0 Å². The molecule has 4 rings (SSSR count). The molecule has 2 aliphatic rings. The van der Waals surface area contributed by atoms with Crippen molar-refractivity contribution in [2.24, 2.45) is 0 Å². The van der Waals surface area contributed by atoms with Crippen LogP contribution in [0.25, 0.3) is 0 Å². The molecule has 0 aliphatic carbocycles. The molecule has 0 saturated carbocycles. The molecule has 0 amide bonds. The van der Waals surface area contributed by atoms with Gasteiger partial charge in [0.25, 0.3) is 0 Å². The summed E-state index contributed by atoms with van der Waals surface area (Å²) in [5, 5.41) is 4.16. The topological polar surface area (TPSA) is 53.5 Å². The van der Waals surface area contributed by atoms with E-state index in [0.29, 0.717) is 6.10 Å². The molecular formula is C19H24ClN5O. The normalized spacial score (nSPS) is 20.4. The molecule has 2 fully saturated rings. The van der Waals surface area contributed by atoms with Crippen LogP contribution >= 0.6 is 11.6 Å². The van der Waals surface area contributed by atoms with Crippen LogP contribution in [0.2, 0.25) is 5.02 Å². The first kappa shape index (κ1) is 17.4. The summed E-state index contributed by atoms with van der Waals surface area (Å²) in [4.78, 5) is 13.5. The Hall–Kier alpha value is -2.05. The number of anilines is 3. The number of halogens is 1. The molecule has 0 radical (unpaired) electrons. The van der Waals surface area contributed by atoms with E-state index in [4.69, 9.17) is 16.3 Å². The number of nitrogens with zero attached hydrogens (tertiary/aromatic N) is 4. The Balaban J connectivity index is 1.34. The summed E-state index contributed by atoms with van der Waals surface area (Å²) in [7, 11) is 0. The van der Waals surface area contributed by atoms with Gasteiger partial charge in [-0.25, -0.2) is 9.97 Å². The molecule has 0 bridgehead atoms. The van der Waals surface area contributed by atoms with E-state index in [1.807, 2.05) is 24.3 Å². The van der Waals surface area contributed by atoms with E-state index in [1.54, 1.807) is 6.33 Å². The van der Waals surface area contributed by atoms with E-state index >= 15 is 0 Å². The Morgan fingerprint density at radius 2 is 1.96 bits per heavy atom. The lowest BCUT2D eigenvalue weighted by Gasteiger charge is -2.36. The lowest BCUT2D eigenvalue weighted by atomic mass is 10.2. The smallest absolute Gasteiger partial charge is 0.134 e. The van der Waals surface area contributed by atoms with Crippen LogP contribution in [0.15, 0.2) is 36.7 Å². The van der Waals surface area contributed by atoms with Gasteiger partial charge in [-0.3, -0.25) is 0 Å². The highest BCUT2D eigenvalue weighted by Crippen LogP contribution is 2.23. The molecule has 0 spiro atoms. The second-order valence-corrected chi connectivity index (χ2v) is 7.17. The highest BCUT2D eigenvalue weighted by molar-refractivity contribution is 6.30. The number of benzene rings is 1. The van der Waals surface area contributed by atoms with Crippen molar-refractivity contribution in [2.75, 3.05) is 54.4 Å². The van der Waals surface area contributed by atoms with Gasteiger partial charge in [0, 0.05) is 56.1 Å². The van der Waals surface area contributed by atoms with Crippen molar-refractivity contribution in [1.82, 2.24) is 9.97 Å². The standard InChI is InChI=1S/C19H24ClN5O/c20-15-3-1-4-16(11-15)24-6-8-25(9-7-24)19-12-18(22-14-23-19)21-13-17-5-2-10-26-17/h1,3-4,11-12,14,17H,2,5-10,13H2,(H,21,22,23). The Bertz CT molecular complexity index is 729. The summed E-state index contributed by atoms with van der Waals surface area (Å²) in [6.45, 7) is 5.42. The minimum atomic E-state index is 0.301. The SMILES string of the molecule is Clc1cccc(N2CCN(c3cc(NCC4CCCO4)ncn3)CC2)c1. The number of nitrogens with one attached hydrogen (secondary N) is 1. The van der Waals surface area contributed by atoms with Crippen molar-refractivity contribution in [3.63, 3.8) is 0 Å². The van der Waals surface area contributed by atoms with E-state index < -0.39 is 0 Å². The van der Waals surface area contributed by atoms with E-state index in [-0.39, 0.29) is 0 Å². The molecule has 7 heteroatoms. The fourth-order valence-electron chi connectivity index (χ4n) is 3.51. The fourth-order valence-corrected chi connectivity index (χ4v) is 3.69. The van der Waals surface area contributed by atoms with Gasteiger partial charge < -0.3 is 19.9 Å². The molecule has 2 saturated heterocycles. The molecule has 1 unspecified atom stereocenters. The van der Waals surface area contributed by atoms with Crippen molar-refractivity contribution in [1.29, 1.82) is 0 Å². The number of rotatable bonds is 5. The molecule has 1 atom stereocenters. The number of aromatic nitrogens is 2. The minimum absolute atomic E-state index is 0.301. The summed E-state index contributed by atoms with van der Waals surface area (Å²) >= 11 is 6.11. The molecule has 138 valence electrons. The predicted octanol–water partition coefficient (Wildman–Crippen LogP) is 3.05. The van der Waals surface area contributed by atoms with Gasteiger partial charge in [0.15, 0.2) is 0 Å². The van der Waals surface area contributed by atoms with Gasteiger partial charge in [0.2, 0.25) is 0 Å². The average molecular weight is 374 g/mol. The van der Waals surface area contributed by atoms with Gasteiger partial charge in [0.05, 0.1) is 6.10 Å². The van der Waals surface area contributed by atoms with Crippen molar-refractivity contribution in [3.05, 3.63) is 41.7 Å². The van der Waals surface area contributed by atoms with E-state index in [1.165, 1.54) is 5.69 Å². The third-order valence-corrected chi connectivity index (χ3v) is 5.20. The van der Waals surface area contributed by atoms with Crippen molar-refractivity contribution in [2.45, 2.75) is 18.9 Å². The monoisotopic (exact) mass is 373 g/mol. The molecule has 1 N–H and O–H groups in total. The number of piperazine rings is 1. The quantitative estimate of drug-likeness (QED) is 0.869. The van der Waals surface area contributed by atoms with Gasteiger partial charge in [-0.1, -0.05) is 17.7 Å². The van der Waals surface area contributed by atoms with Gasteiger partial charge in [-0.2, -0.15) is 0 Å². The lowest BCUT2D eigenvalue weighted by molar-refractivity contribution is 0.120. The fraction of sp³-hybridized carbons (Fsp3) is 0.474. The van der Waals surface area contributed by atoms with Gasteiger partial charge in [-0.15, -0.1) is 0 Å². The minimum Gasteiger partial charge on any atom is -0.376 e. The maximum absolute atomic E-state index is 6.11. The van der Waals surface area contributed by atoms with Crippen molar-refractivity contribution >= 4 is 28.9 Å². The van der Waals surface area contributed by atoms with Crippen LogP contribution in [0.5, 0.6) is 0 Å². The lowest BCUT2D eigenvalue weighted by Crippen LogP contribution is -2.46. The second-order valence-electron chi connectivity index (χ2n) is 6.73. The Kier molecular flexibility index (Phi) is 5.41. The first-order chi connectivity index (χ1) is 12.8. The third-order valence-electron chi connectivity index (χ3n) is 4.96. The number of ether oxygens (including phenoxy) is 1. The van der Waals surface area contributed by atoms with E-state index in [0.717, 1.165) is 68.8 Å². The van der Waals surface area contributed by atoms with E-state index in [9.17, 15) is 0 Å². The second kappa shape index (κ2) is 8.10. The zero-order chi connectivity index (χ0) is 17.8. The molecule has 6 nitrogen and oxygen atoms in total. The van der Waals surface area contributed by atoms with Crippen molar-refractivity contribution in [3.8, 4) is 0 Å². The van der Waals surface area contributed by atoms with Gasteiger partial charge in [-0.05, 0) is 31.0 Å². The Morgan fingerprint density at radius 1 is 1.12 bits per heavy atom. The first-order valence-corrected chi connectivity index (χ1v) is 9.59. The maximum Gasteiger partial charge on any atom is 0.134 e. The summed E-state index contributed by atoms with van der Waals surface area (Å²) in [6.07, 6.45) is 4.21. The Labute approximate surface area is 159 Å². The average Bonchev–Trinajstić information content (AvgIpc) is 3.20. The van der Waals surface area contributed by atoms with Crippen LogP contribution in [-0.4, -0.2) is 55.4 Å². The van der Waals surface area contributed by atoms with Crippen LogP contribution in [-0.2, 0) is 4.74 Å². The maximum atomic E-state index is 6.11. The predicted molar refractivity (Wildman–Crippen MR) is 105 cm³/mol. The highest BCUT2D eigenvalue weighted by Gasteiger charge is 2.19. The van der Waals surface area contributed by atoms with Crippen molar-refractivity contribution < 1.29 is 4.74 Å². The summed E-state index contributed by atoms with van der Waals surface area (Å²) in [5.41, 5.74) is 1.18. The van der Waals surface area contributed by atoms with Gasteiger partial charge >= 0.3 is 0 Å². The summed E-state index contributed by atoms with van der Waals surface area (Å²) < 4.78 is 5.65. The largest absolute Gasteiger partial charge is 0.376 e. The summed E-state index contributed by atoms with van der Waals surface area (Å²) in [5.74, 6) is 1.84. The van der Waals surface area contributed by atoms with E-state index in [2.05, 4.69) is 31.2 Å². The molecular weight excluding hydrogens is 350 g/mol. The Morgan fingerprint density at radius 3 is 2.73 bits per heavy atom. The molecule has 3 heterocycles. The van der Waals surface area contributed by atoms with Gasteiger partial charge in [0.1, 0.15) is 18.0 Å². The first-order valence-electron chi connectivity index (χ1n) is 9.21. The summed E-state index contributed by atoms with van der Waals surface area (Å²) in [6, 6.07) is 10.1. The zero-order valence-corrected chi connectivity index (χ0v) is 15.5. The molecule has 26 heavy (non-hydrogen) atoms. The number of hydrogen-bond donors (Lipinski definition) is 1. The molecule has 1 aromatic carbocycles. The van der Waals surface area contributed by atoms with Crippen LogP contribution in [0, 0.1) is 0 Å². The third kappa shape index (κ3) is 4.19. The molecule has 2 aliphatic heterocycles. The van der Waals surface area contributed by atoms with Crippen LogP contribution in [0.4, 0.5) is 17.3 Å². The zero-order valence-electron chi connectivity index (χ0n) is 14.8. The number of hydrogen-bond acceptors (Lipinski definition) is 6. The van der Waals surface area contributed by atoms with Crippen LogP contribution in [0.1, 0.15) is 12.8 Å². The molecule has 1 aromatic heterocycles.